The van der Waals surface area contributed by atoms with Gasteiger partial charge in [0.15, 0.2) is 0 Å². The van der Waals surface area contributed by atoms with E-state index in [-0.39, 0.29) is 12.3 Å². The zero-order valence-corrected chi connectivity index (χ0v) is 11.2. The highest BCUT2D eigenvalue weighted by molar-refractivity contribution is 9.10. The Labute approximate surface area is 114 Å². The Morgan fingerprint density at radius 2 is 2.11 bits per heavy atom. The van der Waals surface area contributed by atoms with Crippen LogP contribution in [0.25, 0.3) is 0 Å². The topological polar surface area (TPSA) is 50.2 Å². The van der Waals surface area contributed by atoms with Gasteiger partial charge in [0.25, 0.3) is 0 Å². The molecule has 1 unspecified atom stereocenters. The first kappa shape index (κ1) is 12.8. The number of carboxylic acids is 1. The molecule has 0 bridgehead atoms. The zero-order valence-electron chi connectivity index (χ0n) is 9.58. The predicted molar refractivity (Wildman–Crippen MR) is 72.5 cm³/mol. The summed E-state index contributed by atoms with van der Waals surface area (Å²) in [6.07, 6.45) is 1.72. The third-order valence-electron chi connectivity index (χ3n) is 2.67. The normalized spacial score (nSPS) is 12.1. The quantitative estimate of drug-likeness (QED) is 0.941. The Bertz CT molecular complexity index is 543. The molecular formula is C14H12BrNO2. The predicted octanol–water partition coefficient (Wildman–Crippen LogP) is 3.45. The van der Waals surface area contributed by atoms with E-state index < -0.39 is 5.97 Å². The first-order valence-electron chi connectivity index (χ1n) is 5.55. The summed E-state index contributed by atoms with van der Waals surface area (Å²) in [4.78, 5) is 15.3. The molecule has 2 aromatic rings. The minimum Gasteiger partial charge on any atom is -0.481 e. The fourth-order valence-electron chi connectivity index (χ4n) is 1.87. The SMILES string of the molecule is O=C(O)CC(c1cccc(Br)c1)c1ccccn1. The van der Waals surface area contributed by atoms with E-state index >= 15 is 0 Å². The van der Waals surface area contributed by atoms with Gasteiger partial charge in [0.05, 0.1) is 6.42 Å². The van der Waals surface area contributed by atoms with Gasteiger partial charge in [-0.25, -0.2) is 0 Å². The van der Waals surface area contributed by atoms with Gasteiger partial charge >= 0.3 is 5.97 Å². The minimum absolute atomic E-state index is 0.0352. The first-order valence-corrected chi connectivity index (χ1v) is 6.34. The van der Waals surface area contributed by atoms with Crippen LogP contribution in [-0.2, 0) is 4.79 Å². The number of carbonyl (C=O) groups is 1. The van der Waals surface area contributed by atoms with Crippen LogP contribution in [0.1, 0.15) is 23.6 Å². The number of aromatic nitrogens is 1. The summed E-state index contributed by atoms with van der Waals surface area (Å²) in [5.74, 6) is -1.05. The molecule has 0 radical (unpaired) electrons. The maximum Gasteiger partial charge on any atom is 0.304 e. The fraction of sp³-hybridized carbons (Fsp3) is 0.143. The van der Waals surface area contributed by atoms with E-state index in [1.165, 1.54) is 0 Å². The molecule has 1 N–H and O–H groups in total. The molecule has 3 nitrogen and oxygen atoms in total. The van der Waals surface area contributed by atoms with Crippen molar-refractivity contribution in [1.82, 2.24) is 4.98 Å². The summed E-state index contributed by atoms with van der Waals surface area (Å²) < 4.78 is 0.936. The van der Waals surface area contributed by atoms with Crippen molar-refractivity contribution in [2.24, 2.45) is 0 Å². The zero-order chi connectivity index (χ0) is 13.0. The van der Waals surface area contributed by atoms with E-state index in [9.17, 15) is 4.79 Å². The summed E-state index contributed by atoms with van der Waals surface area (Å²) in [6, 6.07) is 13.2. The molecule has 18 heavy (non-hydrogen) atoms. The Kier molecular flexibility index (Phi) is 4.10. The Balaban J connectivity index is 2.40. The van der Waals surface area contributed by atoms with Gasteiger partial charge in [0.1, 0.15) is 0 Å². The smallest absolute Gasteiger partial charge is 0.304 e. The van der Waals surface area contributed by atoms with E-state index in [4.69, 9.17) is 5.11 Å². The van der Waals surface area contributed by atoms with Gasteiger partial charge < -0.3 is 5.11 Å². The van der Waals surface area contributed by atoms with Crippen molar-refractivity contribution >= 4 is 21.9 Å². The lowest BCUT2D eigenvalue weighted by Crippen LogP contribution is -2.09. The molecule has 1 atom stereocenters. The van der Waals surface area contributed by atoms with Gasteiger partial charge in [-0.1, -0.05) is 34.1 Å². The number of benzene rings is 1. The number of rotatable bonds is 4. The monoisotopic (exact) mass is 305 g/mol. The Hall–Kier alpha value is -1.68. The third-order valence-corrected chi connectivity index (χ3v) is 3.17. The number of aliphatic carboxylic acids is 1. The molecule has 0 aliphatic rings. The highest BCUT2D eigenvalue weighted by Crippen LogP contribution is 2.28. The number of hydrogen-bond acceptors (Lipinski definition) is 2. The van der Waals surface area contributed by atoms with E-state index in [0.29, 0.717) is 0 Å². The number of hydrogen-bond donors (Lipinski definition) is 1. The minimum atomic E-state index is -0.828. The lowest BCUT2D eigenvalue weighted by Gasteiger charge is -2.15. The molecular weight excluding hydrogens is 294 g/mol. The molecule has 0 saturated heterocycles. The van der Waals surface area contributed by atoms with Crippen molar-refractivity contribution in [1.29, 1.82) is 0 Å². The van der Waals surface area contributed by atoms with Crippen LogP contribution in [0.3, 0.4) is 0 Å². The van der Waals surface area contributed by atoms with Crippen molar-refractivity contribution in [2.45, 2.75) is 12.3 Å². The van der Waals surface area contributed by atoms with Crippen LogP contribution in [0.15, 0.2) is 53.1 Å². The molecule has 4 heteroatoms. The van der Waals surface area contributed by atoms with Crippen molar-refractivity contribution in [3.63, 3.8) is 0 Å². The summed E-state index contributed by atoms with van der Waals surface area (Å²) in [7, 11) is 0. The Morgan fingerprint density at radius 3 is 2.72 bits per heavy atom. The number of nitrogens with zero attached hydrogens (tertiary/aromatic N) is 1. The molecule has 0 fully saturated rings. The maximum atomic E-state index is 11.0. The van der Waals surface area contributed by atoms with E-state index in [1.807, 2.05) is 42.5 Å². The number of pyridine rings is 1. The molecule has 1 aromatic carbocycles. The average Bonchev–Trinajstić information content (AvgIpc) is 2.37. The largest absolute Gasteiger partial charge is 0.481 e. The molecule has 1 aromatic heterocycles. The van der Waals surface area contributed by atoms with Gasteiger partial charge in [-0.05, 0) is 29.8 Å². The molecule has 0 aliphatic carbocycles. The van der Waals surface area contributed by atoms with Crippen LogP contribution >= 0.6 is 15.9 Å². The third kappa shape index (κ3) is 3.17. The van der Waals surface area contributed by atoms with E-state index in [0.717, 1.165) is 15.7 Å². The summed E-state index contributed by atoms with van der Waals surface area (Å²) in [6.45, 7) is 0. The van der Waals surface area contributed by atoms with Crippen molar-refractivity contribution < 1.29 is 9.90 Å². The molecule has 0 saturated carbocycles. The van der Waals surface area contributed by atoms with Gasteiger partial charge in [-0.3, -0.25) is 9.78 Å². The van der Waals surface area contributed by atoms with Gasteiger partial charge in [0.2, 0.25) is 0 Å². The van der Waals surface area contributed by atoms with Crippen LogP contribution < -0.4 is 0 Å². The van der Waals surface area contributed by atoms with Crippen LogP contribution in [0, 0.1) is 0 Å². The molecule has 1 heterocycles. The summed E-state index contributed by atoms with van der Waals surface area (Å²) in [5.41, 5.74) is 1.73. The fourth-order valence-corrected chi connectivity index (χ4v) is 2.29. The van der Waals surface area contributed by atoms with Crippen LogP contribution in [-0.4, -0.2) is 16.1 Å². The second kappa shape index (κ2) is 5.78. The van der Waals surface area contributed by atoms with E-state index in [1.54, 1.807) is 6.20 Å². The summed E-state index contributed by atoms with van der Waals surface area (Å²) >= 11 is 3.40. The Morgan fingerprint density at radius 1 is 1.28 bits per heavy atom. The van der Waals surface area contributed by atoms with Crippen molar-refractivity contribution in [3.8, 4) is 0 Å². The molecule has 2 rings (SSSR count). The highest BCUT2D eigenvalue weighted by Gasteiger charge is 2.18. The second-order valence-electron chi connectivity index (χ2n) is 3.96. The molecule has 0 amide bonds. The van der Waals surface area contributed by atoms with Crippen LogP contribution in [0.4, 0.5) is 0 Å². The lowest BCUT2D eigenvalue weighted by atomic mass is 9.92. The number of halogens is 1. The summed E-state index contributed by atoms with van der Waals surface area (Å²) in [5, 5.41) is 9.04. The maximum absolute atomic E-state index is 11.0. The number of carboxylic acid groups (broad SMARTS) is 1. The van der Waals surface area contributed by atoms with Crippen LogP contribution in [0.2, 0.25) is 0 Å². The molecule has 0 spiro atoms. The van der Waals surface area contributed by atoms with Crippen LogP contribution in [0.5, 0.6) is 0 Å². The lowest BCUT2D eigenvalue weighted by molar-refractivity contribution is -0.137. The van der Waals surface area contributed by atoms with Gasteiger partial charge in [-0.15, -0.1) is 0 Å². The van der Waals surface area contributed by atoms with Gasteiger partial charge in [0, 0.05) is 22.3 Å². The second-order valence-corrected chi connectivity index (χ2v) is 4.88. The van der Waals surface area contributed by atoms with Crippen molar-refractivity contribution in [2.75, 3.05) is 0 Å². The first-order chi connectivity index (χ1) is 8.66. The van der Waals surface area contributed by atoms with Gasteiger partial charge in [-0.2, -0.15) is 0 Å². The molecule has 0 aliphatic heterocycles. The highest BCUT2D eigenvalue weighted by atomic mass is 79.9. The average molecular weight is 306 g/mol. The van der Waals surface area contributed by atoms with E-state index in [2.05, 4.69) is 20.9 Å². The van der Waals surface area contributed by atoms with Crippen molar-refractivity contribution in [3.05, 3.63) is 64.4 Å². The standard InChI is InChI=1S/C14H12BrNO2/c15-11-5-3-4-10(8-11)12(9-14(17)18)13-6-1-2-7-16-13/h1-8,12H,9H2,(H,17,18). The molecule has 92 valence electrons.